The first-order chi connectivity index (χ1) is 14.0. The zero-order chi connectivity index (χ0) is 20.8. The molecule has 0 atom stereocenters. The number of piperazine rings is 1. The lowest BCUT2D eigenvalue weighted by atomic mass is 10.1. The van der Waals surface area contributed by atoms with Gasteiger partial charge in [0, 0.05) is 38.4 Å². The normalized spacial score (nSPS) is 13.8. The van der Waals surface area contributed by atoms with Crippen LogP contribution >= 0.6 is 0 Å². The Balaban J connectivity index is 1.49. The first-order valence-corrected chi connectivity index (χ1v) is 9.35. The van der Waals surface area contributed by atoms with Gasteiger partial charge in [0.2, 0.25) is 5.76 Å². The van der Waals surface area contributed by atoms with Crippen LogP contribution in [0.1, 0.15) is 33.6 Å². The largest absolute Gasteiger partial charge is 0.475 e. The number of aromatic carboxylic acids is 1. The molecule has 9 heteroatoms. The molecule has 2 amide bonds. The molecule has 0 bridgehead atoms. The summed E-state index contributed by atoms with van der Waals surface area (Å²) in [5, 5.41) is 11.5. The quantitative estimate of drug-likeness (QED) is 0.763. The molecule has 2 aromatic rings. The van der Waals surface area contributed by atoms with Crippen LogP contribution in [0.25, 0.3) is 0 Å². The molecule has 2 heterocycles. The number of carboxylic acids is 1. The van der Waals surface area contributed by atoms with E-state index >= 15 is 0 Å². The standard InChI is InChI=1S/C20H23N3O6/c1-2-28-20(27)23-11-9-22(10-12-23)15-5-3-14(4-6-15)13-21-18(24)16-7-8-17(29-16)19(25)26/h3-8H,2,9-13H2,1H3,(H,21,24)(H,25,26). The molecule has 2 N–H and O–H groups in total. The molecule has 9 nitrogen and oxygen atoms in total. The number of hydrogen-bond acceptors (Lipinski definition) is 6. The molecule has 0 unspecified atom stereocenters. The highest BCUT2D eigenvalue weighted by Gasteiger charge is 2.22. The first kappa shape index (κ1) is 20.2. The molecule has 3 rings (SSSR count). The van der Waals surface area contributed by atoms with Gasteiger partial charge in [-0.05, 0) is 36.8 Å². The van der Waals surface area contributed by atoms with Gasteiger partial charge < -0.3 is 29.4 Å². The Labute approximate surface area is 167 Å². The third-order valence-electron chi connectivity index (χ3n) is 4.60. The van der Waals surface area contributed by atoms with Crippen LogP contribution in [-0.4, -0.2) is 60.8 Å². The summed E-state index contributed by atoms with van der Waals surface area (Å²) in [6.07, 6.45) is -0.273. The van der Waals surface area contributed by atoms with Crippen molar-refractivity contribution in [1.29, 1.82) is 0 Å². The number of hydrogen-bond donors (Lipinski definition) is 2. The number of rotatable bonds is 6. The molecule has 1 aromatic carbocycles. The lowest BCUT2D eigenvalue weighted by molar-refractivity contribution is 0.0659. The van der Waals surface area contributed by atoms with Crippen molar-refractivity contribution in [2.45, 2.75) is 13.5 Å². The van der Waals surface area contributed by atoms with Gasteiger partial charge in [0.1, 0.15) is 0 Å². The van der Waals surface area contributed by atoms with Crippen LogP contribution in [0.2, 0.25) is 0 Å². The highest BCUT2D eigenvalue weighted by atomic mass is 16.6. The fraction of sp³-hybridized carbons (Fsp3) is 0.350. The van der Waals surface area contributed by atoms with Crippen molar-refractivity contribution in [2.75, 3.05) is 37.7 Å². The highest BCUT2D eigenvalue weighted by Crippen LogP contribution is 2.18. The lowest BCUT2D eigenvalue weighted by Crippen LogP contribution is -2.49. The minimum absolute atomic E-state index is 0.0431. The molecule has 0 saturated carbocycles. The molecule has 0 radical (unpaired) electrons. The van der Waals surface area contributed by atoms with Gasteiger partial charge in [-0.3, -0.25) is 4.79 Å². The number of carboxylic acid groups (broad SMARTS) is 1. The van der Waals surface area contributed by atoms with Crippen LogP contribution in [0.5, 0.6) is 0 Å². The van der Waals surface area contributed by atoms with Crippen molar-refractivity contribution in [1.82, 2.24) is 10.2 Å². The number of nitrogens with one attached hydrogen (secondary N) is 1. The zero-order valence-corrected chi connectivity index (χ0v) is 16.1. The van der Waals surface area contributed by atoms with Crippen LogP contribution in [0.3, 0.4) is 0 Å². The summed E-state index contributed by atoms with van der Waals surface area (Å²) in [5.41, 5.74) is 1.94. The maximum absolute atomic E-state index is 12.1. The van der Waals surface area contributed by atoms with Crippen molar-refractivity contribution in [3.8, 4) is 0 Å². The number of carbonyl (C=O) groups excluding carboxylic acids is 2. The van der Waals surface area contributed by atoms with Gasteiger partial charge in [0.25, 0.3) is 5.91 Å². The number of furan rings is 1. The third-order valence-corrected chi connectivity index (χ3v) is 4.60. The van der Waals surface area contributed by atoms with Crippen molar-refractivity contribution in [3.05, 3.63) is 53.5 Å². The Hall–Kier alpha value is -3.49. The van der Waals surface area contributed by atoms with E-state index in [0.29, 0.717) is 26.2 Å². The smallest absolute Gasteiger partial charge is 0.409 e. The molecule has 154 valence electrons. The van der Waals surface area contributed by atoms with Crippen molar-refractivity contribution in [3.63, 3.8) is 0 Å². The van der Waals surface area contributed by atoms with Crippen LogP contribution in [0.4, 0.5) is 10.5 Å². The van der Waals surface area contributed by atoms with Crippen LogP contribution in [-0.2, 0) is 11.3 Å². The maximum Gasteiger partial charge on any atom is 0.409 e. The Morgan fingerprint density at radius 1 is 1.03 bits per heavy atom. The molecular weight excluding hydrogens is 378 g/mol. The van der Waals surface area contributed by atoms with Crippen LogP contribution < -0.4 is 10.2 Å². The third kappa shape index (κ3) is 5.07. The Bertz CT molecular complexity index is 869. The number of ether oxygens (including phenoxy) is 1. The molecule has 1 aliphatic rings. The highest BCUT2D eigenvalue weighted by molar-refractivity contribution is 5.93. The average Bonchev–Trinajstić information content (AvgIpc) is 3.23. The van der Waals surface area contributed by atoms with E-state index in [9.17, 15) is 14.4 Å². The van der Waals surface area contributed by atoms with Crippen molar-refractivity contribution < 1.29 is 28.6 Å². The molecule has 1 saturated heterocycles. The number of nitrogens with zero attached hydrogens (tertiary/aromatic N) is 2. The molecule has 0 aliphatic carbocycles. The van der Waals surface area contributed by atoms with Gasteiger partial charge in [0.15, 0.2) is 5.76 Å². The Morgan fingerprint density at radius 2 is 1.69 bits per heavy atom. The predicted molar refractivity (Wildman–Crippen MR) is 104 cm³/mol. The number of carbonyl (C=O) groups is 3. The van der Waals surface area contributed by atoms with Crippen molar-refractivity contribution >= 4 is 23.7 Å². The van der Waals surface area contributed by atoms with Crippen LogP contribution in [0, 0.1) is 0 Å². The zero-order valence-electron chi connectivity index (χ0n) is 16.1. The van der Waals surface area contributed by atoms with E-state index in [1.54, 1.807) is 11.8 Å². The summed E-state index contributed by atoms with van der Waals surface area (Å²) in [7, 11) is 0. The monoisotopic (exact) mass is 401 g/mol. The van der Waals surface area contributed by atoms with E-state index in [-0.39, 0.29) is 17.6 Å². The van der Waals surface area contributed by atoms with E-state index in [1.807, 2.05) is 24.3 Å². The summed E-state index contributed by atoms with van der Waals surface area (Å²) in [6.45, 7) is 5.12. The lowest BCUT2D eigenvalue weighted by Gasteiger charge is -2.35. The second kappa shape index (κ2) is 9.13. The van der Waals surface area contributed by atoms with E-state index in [2.05, 4.69) is 10.2 Å². The van der Waals surface area contributed by atoms with Gasteiger partial charge in [0.05, 0.1) is 6.61 Å². The molecule has 1 fully saturated rings. The fourth-order valence-corrected chi connectivity index (χ4v) is 3.03. The SMILES string of the molecule is CCOC(=O)N1CCN(c2ccc(CNC(=O)c3ccc(C(=O)O)o3)cc2)CC1. The van der Waals surface area contributed by atoms with Gasteiger partial charge >= 0.3 is 12.1 Å². The van der Waals surface area contributed by atoms with Gasteiger partial charge in [-0.2, -0.15) is 0 Å². The Kier molecular flexibility index (Phi) is 6.38. The topological polar surface area (TPSA) is 112 Å². The molecule has 1 aromatic heterocycles. The minimum Gasteiger partial charge on any atom is -0.475 e. The summed E-state index contributed by atoms with van der Waals surface area (Å²) >= 11 is 0. The van der Waals surface area contributed by atoms with E-state index in [1.165, 1.54) is 12.1 Å². The van der Waals surface area contributed by atoms with Gasteiger partial charge in [-0.15, -0.1) is 0 Å². The maximum atomic E-state index is 12.1. The number of amides is 2. The second-order valence-electron chi connectivity index (χ2n) is 6.49. The van der Waals surface area contributed by atoms with Gasteiger partial charge in [-0.25, -0.2) is 9.59 Å². The number of benzene rings is 1. The molecular formula is C20H23N3O6. The average molecular weight is 401 g/mol. The fourth-order valence-electron chi connectivity index (χ4n) is 3.03. The van der Waals surface area contributed by atoms with Crippen LogP contribution in [0.15, 0.2) is 40.8 Å². The van der Waals surface area contributed by atoms with E-state index in [0.717, 1.165) is 24.3 Å². The Morgan fingerprint density at radius 3 is 2.28 bits per heavy atom. The summed E-state index contributed by atoms with van der Waals surface area (Å²) < 4.78 is 10.0. The first-order valence-electron chi connectivity index (χ1n) is 9.35. The summed E-state index contributed by atoms with van der Waals surface area (Å²) in [6, 6.07) is 10.3. The van der Waals surface area contributed by atoms with E-state index < -0.39 is 11.9 Å². The minimum atomic E-state index is -1.22. The predicted octanol–water partition coefficient (Wildman–Crippen LogP) is 2.19. The molecule has 29 heavy (non-hydrogen) atoms. The molecule has 0 spiro atoms. The van der Waals surface area contributed by atoms with Crippen molar-refractivity contribution in [2.24, 2.45) is 0 Å². The second-order valence-corrected chi connectivity index (χ2v) is 6.49. The molecule has 1 aliphatic heterocycles. The number of anilines is 1. The summed E-state index contributed by atoms with van der Waals surface area (Å²) in [5.74, 6) is -2.01. The van der Waals surface area contributed by atoms with E-state index in [4.69, 9.17) is 14.3 Å². The van der Waals surface area contributed by atoms with Gasteiger partial charge in [-0.1, -0.05) is 12.1 Å². The summed E-state index contributed by atoms with van der Waals surface area (Å²) in [4.78, 5) is 38.5.